The number of hydrogen-bond donors (Lipinski definition) is 1. The van der Waals surface area contributed by atoms with E-state index in [-0.39, 0.29) is 5.91 Å². The van der Waals surface area contributed by atoms with E-state index in [0.717, 1.165) is 38.1 Å². The lowest BCUT2D eigenvalue weighted by molar-refractivity contribution is -0.140. The topological polar surface area (TPSA) is 46.3 Å². The summed E-state index contributed by atoms with van der Waals surface area (Å²) in [5.74, 6) is 1.04. The number of carbonyl (C=O) groups is 1. The molecule has 0 bridgehead atoms. The smallest absolute Gasteiger partial charge is 0.242 e. The van der Waals surface area contributed by atoms with Gasteiger partial charge in [-0.15, -0.1) is 0 Å². The number of rotatable bonds is 2. The van der Waals surface area contributed by atoms with E-state index >= 15 is 0 Å². The Morgan fingerprint density at radius 2 is 1.63 bits per heavy atom. The molecule has 1 unspecified atom stereocenters. The molecule has 3 aliphatic rings. The van der Waals surface area contributed by atoms with Crippen LogP contribution in [-0.2, 0) is 4.79 Å². The van der Waals surface area contributed by atoms with E-state index in [9.17, 15) is 4.79 Å². The lowest BCUT2D eigenvalue weighted by Crippen LogP contribution is -2.58. The molecule has 2 N–H and O–H groups in total. The Kier molecular flexibility index (Phi) is 3.84. The third-order valence-electron chi connectivity index (χ3n) is 5.68. The van der Waals surface area contributed by atoms with Crippen LogP contribution in [0.25, 0.3) is 0 Å². The van der Waals surface area contributed by atoms with Crippen LogP contribution in [0.2, 0.25) is 0 Å². The van der Waals surface area contributed by atoms with Crippen LogP contribution in [-0.4, -0.2) is 28.9 Å². The molecule has 0 radical (unpaired) electrons. The molecule has 0 aromatic rings. The fraction of sp³-hybridized carbons (Fsp3) is 0.938. The maximum atomic E-state index is 12.9. The van der Waals surface area contributed by atoms with Gasteiger partial charge in [0.1, 0.15) is 0 Å². The van der Waals surface area contributed by atoms with Crippen molar-refractivity contribution >= 4 is 5.91 Å². The third kappa shape index (κ3) is 2.54. The Bertz CT molecular complexity index is 330. The first-order valence-corrected chi connectivity index (χ1v) is 8.31. The molecule has 1 saturated heterocycles. The predicted molar refractivity (Wildman–Crippen MR) is 76.7 cm³/mol. The summed E-state index contributed by atoms with van der Waals surface area (Å²) in [6, 6.07) is 0.511. The molecule has 0 spiro atoms. The first kappa shape index (κ1) is 13.4. The first-order valence-electron chi connectivity index (χ1n) is 8.31. The van der Waals surface area contributed by atoms with Gasteiger partial charge in [-0.3, -0.25) is 4.79 Å². The van der Waals surface area contributed by atoms with Crippen LogP contribution in [0.3, 0.4) is 0 Å². The van der Waals surface area contributed by atoms with Crippen LogP contribution in [0.5, 0.6) is 0 Å². The molecular weight excluding hydrogens is 236 g/mol. The Labute approximate surface area is 116 Å². The summed E-state index contributed by atoms with van der Waals surface area (Å²) >= 11 is 0. The van der Waals surface area contributed by atoms with E-state index < -0.39 is 5.54 Å². The highest BCUT2D eigenvalue weighted by molar-refractivity contribution is 5.86. The van der Waals surface area contributed by atoms with Gasteiger partial charge in [0.15, 0.2) is 0 Å². The average Bonchev–Trinajstić information content (AvgIpc) is 3.09. The number of nitrogens with two attached hydrogens (primary N) is 1. The van der Waals surface area contributed by atoms with Gasteiger partial charge in [-0.25, -0.2) is 0 Å². The Balaban J connectivity index is 1.70. The summed E-state index contributed by atoms with van der Waals surface area (Å²) in [5.41, 5.74) is 5.92. The molecule has 3 fully saturated rings. The van der Waals surface area contributed by atoms with E-state index in [1.807, 2.05) is 0 Å². The highest BCUT2D eigenvalue weighted by atomic mass is 16.2. The fourth-order valence-electron chi connectivity index (χ4n) is 4.56. The second-order valence-corrected chi connectivity index (χ2v) is 6.97. The van der Waals surface area contributed by atoms with E-state index in [1.54, 1.807) is 0 Å². The van der Waals surface area contributed by atoms with Crippen LogP contribution in [0.15, 0.2) is 0 Å². The Hall–Kier alpha value is -0.570. The van der Waals surface area contributed by atoms with Gasteiger partial charge < -0.3 is 10.6 Å². The largest absolute Gasteiger partial charge is 0.338 e. The third-order valence-corrected chi connectivity index (χ3v) is 5.68. The lowest BCUT2D eigenvalue weighted by Gasteiger charge is -2.39. The molecule has 0 aromatic carbocycles. The molecule has 1 amide bonds. The van der Waals surface area contributed by atoms with Crippen molar-refractivity contribution in [1.29, 1.82) is 0 Å². The normalized spacial score (nSPS) is 31.8. The summed E-state index contributed by atoms with van der Waals surface area (Å²) in [5, 5.41) is 0. The maximum absolute atomic E-state index is 12.9. The van der Waals surface area contributed by atoms with Crippen molar-refractivity contribution in [1.82, 2.24) is 4.90 Å². The monoisotopic (exact) mass is 264 g/mol. The summed E-state index contributed by atoms with van der Waals surface area (Å²) in [6.45, 7) is 0.957. The van der Waals surface area contributed by atoms with E-state index in [4.69, 9.17) is 5.73 Å². The number of nitrogens with zero attached hydrogens (tertiary/aromatic N) is 1. The molecule has 2 aliphatic carbocycles. The van der Waals surface area contributed by atoms with Crippen molar-refractivity contribution in [2.75, 3.05) is 6.54 Å². The Morgan fingerprint density at radius 3 is 2.32 bits per heavy atom. The molecule has 19 heavy (non-hydrogen) atoms. The predicted octanol–water partition coefficient (Wildman–Crippen LogP) is 2.83. The molecular formula is C16H28N2O. The van der Waals surface area contributed by atoms with Crippen molar-refractivity contribution in [3.05, 3.63) is 0 Å². The van der Waals surface area contributed by atoms with Gasteiger partial charge in [-0.2, -0.15) is 0 Å². The van der Waals surface area contributed by atoms with Gasteiger partial charge in [-0.05, 0) is 44.4 Å². The van der Waals surface area contributed by atoms with Crippen molar-refractivity contribution in [2.45, 2.75) is 82.2 Å². The summed E-state index contributed by atoms with van der Waals surface area (Å²) in [6.07, 6.45) is 13.1. The summed E-state index contributed by atoms with van der Waals surface area (Å²) in [7, 11) is 0. The van der Waals surface area contributed by atoms with E-state index in [2.05, 4.69) is 4.90 Å². The first-order chi connectivity index (χ1) is 9.21. The molecule has 3 rings (SSSR count). The van der Waals surface area contributed by atoms with Crippen LogP contribution >= 0.6 is 0 Å². The SMILES string of the molecule is NC1(C(=O)N2CCCC2C2CCCC2)CCCCC1. The van der Waals surface area contributed by atoms with Gasteiger partial charge in [0.05, 0.1) is 5.54 Å². The maximum Gasteiger partial charge on any atom is 0.242 e. The standard InChI is InChI=1S/C16H28N2O/c17-16(10-4-1-5-11-16)15(19)18-12-6-9-14(18)13-7-2-3-8-13/h13-14H,1-12,17H2. The molecule has 0 aromatic heterocycles. The lowest BCUT2D eigenvalue weighted by atomic mass is 9.81. The van der Waals surface area contributed by atoms with Crippen LogP contribution in [0.1, 0.15) is 70.6 Å². The van der Waals surface area contributed by atoms with Crippen molar-refractivity contribution in [3.63, 3.8) is 0 Å². The second kappa shape index (κ2) is 5.43. The Morgan fingerprint density at radius 1 is 0.947 bits per heavy atom. The summed E-state index contributed by atoms with van der Waals surface area (Å²) < 4.78 is 0. The van der Waals surface area contributed by atoms with Crippen molar-refractivity contribution in [2.24, 2.45) is 11.7 Å². The number of amides is 1. The molecule has 3 heteroatoms. The molecule has 2 saturated carbocycles. The highest BCUT2D eigenvalue weighted by Gasteiger charge is 2.44. The summed E-state index contributed by atoms with van der Waals surface area (Å²) in [4.78, 5) is 15.1. The van der Waals surface area contributed by atoms with Gasteiger partial charge >= 0.3 is 0 Å². The van der Waals surface area contributed by atoms with Gasteiger partial charge in [0, 0.05) is 12.6 Å². The average molecular weight is 264 g/mol. The minimum atomic E-state index is -0.528. The molecule has 1 heterocycles. The zero-order valence-electron chi connectivity index (χ0n) is 12.1. The van der Waals surface area contributed by atoms with Crippen molar-refractivity contribution in [3.8, 4) is 0 Å². The highest BCUT2D eigenvalue weighted by Crippen LogP contribution is 2.37. The van der Waals surface area contributed by atoms with Crippen LogP contribution in [0.4, 0.5) is 0 Å². The zero-order valence-corrected chi connectivity index (χ0v) is 12.1. The zero-order chi connectivity index (χ0) is 13.3. The van der Waals surface area contributed by atoms with E-state index in [1.165, 1.54) is 44.9 Å². The number of carbonyl (C=O) groups excluding carboxylic acids is 1. The number of hydrogen-bond acceptors (Lipinski definition) is 2. The fourth-order valence-corrected chi connectivity index (χ4v) is 4.56. The molecule has 1 aliphatic heterocycles. The van der Waals surface area contributed by atoms with E-state index in [0.29, 0.717) is 6.04 Å². The molecule has 3 nitrogen and oxygen atoms in total. The number of likely N-dealkylation sites (tertiary alicyclic amines) is 1. The second-order valence-electron chi connectivity index (χ2n) is 6.97. The molecule has 108 valence electrons. The van der Waals surface area contributed by atoms with Gasteiger partial charge in [0.2, 0.25) is 5.91 Å². The van der Waals surface area contributed by atoms with Crippen LogP contribution < -0.4 is 5.73 Å². The molecule has 1 atom stereocenters. The quantitative estimate of drug-likeness (QED) is 0.833. The minimum Gasteiger partial charge on any atom is -0.338 e. The van der Waals surface area contributed by atoms with Gasteiger partial charge in [0.25, 0.3) is 0 Å². The van der Waals surface area contributed by atoms with Gasteiger partial charge in [-0.1, -0.05) is 32.1 Å². The van der Waals surface area contributed by atoms with Crippen LogP contribution in [0, 0.1) is 5.92 Å². The minimum absolute atomic E-state index is 0.279. The van der Waals surface area contributed by atoms with Crippen molar-refractivity contribution < 1.29 is 4.79 Å².